The lowest BCUT2D eigenvalue weighted by Crippen LogP contribution is -2.45. The van der Waals surface area contributed by atoms with Crippen molar-refractivity contribution in [2.45, 2.75) is 45.3 Å². The first kappa shape index (κ1) is 15.5. The molecule has 112 valence electrons. The second kappa shape index (κ2) is 7.77. The number of aryl methyl sites for hydroxylation is 1. The average molecular weight is 276 g/mol. The summed E-state index contributed by atoms with van der Waals surface area (Å²) in [6.45, 7) is 8.20. The Morgan fingerprint density at radius 1 is 1.30 bits per heavy atom. The smallest absolute Gasteiger partial charge is 0.0620 e. The van der Waals surface area contributed by atoms with Crippen LogP contribution in [0.3, 0.4) is 0 Å². The first-order chi connectivity index (χ1) is 9.69. The Bertz CT molecular complexity index is 384. The van der Waals surface area contributed by atoms with Crippen molar-refractivity contribution in [2.24, 2.45) is 0 Å². The molecule has 2 atom stereocenters. The van der Waals surface area contributed by atoms with Gasteiger partial charge in [0.1, 0.15) is 0 Å². The maximum atomic E-state index is 5.53. The number of nitrogens with zero attached hydrogens (tertiary/aromatic N) is 1. The lowest BCUT2D eigenvalue weighted by atomic mass is 10.1. The molecule has 0 bridgehead atoms. The van der Waals surface area contributed by atoms with Gasteiger partial charge in [-0.1, -0.05) is 31.2 Å². The van der Waals surface area contributed by atoms with Gasteiger partial charge >= 0.3 is 0 Å². The van der Waals surface area contributed by atoms with Crippen LogP contribution in [0.15, 0.2) is 24.3 Å². The molecule has 1 aliphatic heterocycles. The van der Waals surface area contributed by atoms with Crippen LogP contribution in [0.1, 0.15) is 31.4 Å². The van der Waals surface area contributed by atoms with Crippen molar-refractivity contribution in [1.82, 2.24) is 10.2 Å². The number of nitrogens with one attached hydrogen (secondary N) is 1. The molecule has 20 heavy (non-hydrogen) atoms. The van der Waals surface area contributed by atoms with Gasteiger partial charge < -0.3 is 10.1 Å². The fourth-order valence-corrected chi connectivity index (χ4v) is 2.69. The molecule has 2 unspecified atom stereocenters. The zero-order valence-corrected chi connectivity index (χ0v) is 13.1. The molecule has 0 radical (unpaired) electrons. The van der Waals surface area contributed by atoms with E-state index in [0.29, 0.717) is 12.1 Å². The van der Waals surface area contributed by atoms with E-state index in [1.54, 1.807) is 0 Å². The summed E-state index contributed by atoms with van der Waals surface area (Å²) >= 11 is 0. The van der Waals surface area contributed by atoms with Crippen LogP contribution in [0.5, 0.6) is 0 Å². The number of hydrogen-bond acceptors (Lipinski definition) is 3. The van der Waals surface area contributed by atoms with Gasteiger partial charge in [-0.2, -0.15) is 0 Å². The van der Waals surface area contributed by atoms with Crippen LogP contribution in [-0.4, -0.2) is 43.8 Å². The van der Waals surface area contributed by atoms with Crippen molar-refractivity contribution in [3.63, 3.8) is 0 Å². The van der Waals surface area contributed by atoms with Gasteiger partial charge in [0.05, 0.1) is 13.2 Å². The second-order valence-corrected chi connectivity index (χ2v) is 5.90. The van der Waals surface area contributed by atoms with Gasteiger partial charge in [-0.3, -0.25) is 4.90 Å². The third-order valence-corrected chi connectivity index (χ3v) is 4.24. The SMILES string of the molecule is CCc1ccc(CN(C)C(C)CC2COCCN2)cc1. The summed E-state index contributed by atoms with van der Waals surface area (Å²) < 4.78 is 5.53. The summed E-state index contributed by atoms with van der Waals surface area (Å²) in [6, 6.07) is 10.0. The highest BCUT2D eigenvalue weighted by molar-refractivity contribution is 5.22. The zero-order chi connectivity index (χ0) is 14.4. The summed E-state index contributed by atoms with van der Waals surface area (Å²) in [5.74, 6) is 0. The molecule has 1 saturated heterocycles. The van der Waals surface area contributed by atoms with Gasteiger partial charge in [0.15, 0.2) is 0 Å². The summed E-state index contributed by atoms with van der Waals surface area (Å²) in [7, 11) is 2.21. The standard InChI is InChI=1S/C17H28N2O/c1-4-15-5-7-16(8-6-15)12-19(3)14(2)11-17-13-20-10-9-18-17/h5-8,14,17-18H,4,9-13H2,1-3H3. The van der Waals surface area contributed by atoms with E-state index in [9.17, 15) is 0 Å². The summed E-state index contributed by atoms with van der Waals surface area (Å²) in [5.41, 5.74) is 2.80. The van der Waals surface area contributed by atoms with Crippen molar-refractivity contribution >= 4 is 0 Å². The van der Waals surface area contributed by atoms with Gasteiger partial charge in [-0.25, -0.2) is 0 Å². The highest BCUT2D eigenvalue weighted by Gasteiger charge is 2.18. The minimum Gasteiger partial charge on any atom is -0.379 e. The molecule has 0 aliphatic carbocycles. The summed E-state index contributed by atoms with van der Waals surface area (Å²) in [6.07, 6.45) is 2.25. The van der Waals surface area contributed by atoms with E-state index >= 15 is 0 Å². The maximum absolute atomic E-state index is 5.53. The van der Waals surface area contributed by atoms with Gasteiger partial charge in [-0.15, -0.1) is 0 Å². The number of morpholine rings is 1. The molecule has 2 rings (SSSR count). The number of hydrogen-bond donors (Lipinski definition) is 1. The van der Waals surface area contributed by atoms with Gasteiger partial charge in [0, 0.05) is 25.2 Å². The predicted molar refractivity (Wildman–Crippen MR) is 84.0 cm³/mol. The second-order valence-electron chi connectivity index (χ2n) is 5.90. The zero-order valence-electron chi connectivity index (χ0n) is 13.1. The van der Waals surface area contributed by atoms with Crippen LogP contribution in [0.2, 0.25) is 0 Å². The fraction of sp³-hybridized carbons (Fsp3) is 0.647. The van der Waals surface area contributed by atoms with Gasteiger partial charge in [0.2, 0.25) is 0 Å². The third-order valence-electron chi connectivity index (χ3n) is 4.24. The lowest BCUT2D eigenvalue weighted by Gasteiger charge is -2.31. The van der Waals surface area contributed by atoms with Crippen LogP contribution >= 0.6 is 0 Å². The molecule has 1 N–H and O–H groups in total. The topological polar surface area (TPSA) is 24.5 Å². The molecule has 1 fully saturated rings. The monoisotopic (exact) mass is 276 g/mol. The number of rotatable bonds is 6. The van der Waals surface area contributed by atoms with E-state index in [2.05, 4.69) is 55.4 Å². The van der Waals surface area contributed by atoms with Crippen LogP contribution in [0, 0.1) is 0 Å². The molecule has 0 aromatic heterocycles. The highest BCUT2D eigenvalue weighted by atomic mass is 16.5. The van der Waals surface area contributed by atoms with E-state index in [-0.39, 0.29) is 0 Å². The molecule has 3 nitrogen and oxygen atoms in total. The Balaban J connectivity index is 1.81. The van der Waals surface area contributed by atoms with Crippen molar-refractivity contribution in [1.29, 1.82) is 0 Å². The number of ether oxygens (including phenoxy) is 1. The Hall–Kier alpha value is -0.900. The quantitative estimate of drug-likeness (QED) is 0.864. The Labute approximate surface area is 123 Å². The molecule has 0 amide bonds. The van der Waals surface area contributed by atoms with Crippen molar-refractivity contribution in [3.05, 3.63) is 35.4 Å². The first-order valence-corrected chi connectivity index (χ1v) is 7.78. The van der Waals surface area contributed by atoms with Crippen molar-refractivity contribution < 1.29 is 4.74 Å². The Morgan fingerprint density at radius 3 is 2.60 bits per heavy atom. The van der Waals surface area contributed by atoms with Gasteiger partial charge in [0.25, 0.3) is 0 Å². The average Bonchev–Trinajstić information content (AvgIpc) is 2.49. The molecular formula is C17H28N2O. The summed E-state index contributed by atoms with van der Waals surface area (Å²) in [4.78, 5) is 2.43. The van der Waals surface area contributed by atoms with E-state index in [1.165, 1.54) is 11.1 Å². The van der Waals surface area contributed by atoms with E-state index < -0.39 is 0 Å². The Morgan fingerprint density at radius 2 is 2.00 bits per heavy atom. The minimum absolute atomic E-state index is 0.503. The van der Waals surface area contributed by atoms with Gasteiger partial charge in [-0.05, 0) is 37.9 Å². The molecule has 0 saturated carbocycles. The first-order valence-electron chi connectivity index (χ1n) is 7.78. The molecule has 1 aromatic rings. The molecular weight excluding hydrogens is 248 g/mol. The van der Waals surface area contributed by atoms with Crippen LogP contribution in [-0.2, 0) is 17.7 Å². The molecule has 0 spiro atoms. The molecule has 3 heteroatoms. The molecule has 1 aliphatic rings. The van der Waals surface area contributed by atoms with Crippen LogP contribution < -0.4 is 5.32 Å². The van der Waals surface area contributed by atoms with Crippen molar-refractivity contribution in [2.75, 3.05) is 26.8 Å². The summed E-state index contributed by atoms with van der Waals surface area (Å²) in [5, 5.41) is 3.53. The maximum Gasteiger partial charge on any atom is 0.0620 e. The Kier molecular flexibility index (Phi) is 6.02. The minimum atomic E-state index is 0.503. The van der Waals surface area contributed by atoms with Crippen molar-refractivity contribution in [3.8, 4) is 0 Å². The predicted octanol–water partition coefficient (Wildman–Crippen LogP) is 2.45. The lowest BCUT2D eigenvalue weighted by molar-refractivity contribution is 0.0638. The van der Waals surface area contributed by atoms with E-state index in [1.807, 2.05) is 0 Å². The molecule has 1 heterocycles. The van der Waals surface area contributed by atoms with E-state index in [0.717, 1.165) is 39.1 Å². The number of benzene rings is 1. The fourth-order valence-electron chi connectivity index (χ4n) is 2.69. The normalized spacial score (nSPS) is 21.1. The van der Waals surface area contributed by atoms with Crippen LogP contribution in [0.25, 0.3) is 0 Å². The van der Waals surface area contributed by atoms with Crippen LogP contribution in [0.4, 0.5) is 0 Å². The molecule has 1 aromatic carbocycles. The van der Waals surface area contributed by atoms with E-state index in [4.69, 9.17) is 4.74 Å². The third kappa shape index (κ3) is 4.58. The largest absolute Gasteiger partial charge is 0.379 e. The highest BCUT2D eigenvalue weighted by Crippen LogP contribution is 2.12.